The molecule has 7 N–H and O–H groups in total. The number of carbonyl (C=O) groups is 6. The van der Waals surface area contributed by atoms with E-state index in [1.54, 1.807) is 58.0 Å². The molecular formula is C30H45N5O10S. The van der Waals surface area contributed by atoms with E-state index in [2.05, 4.69) is 21.3 Å². The first kappa shape index (κ1) is 39.6. The van der Waals surface area contributed by atoms with E-state index in [-0.39, 0.29) is 19.4 Å². The zero-order chi connectivity index (χ0) is 35.0. The highest BCUT2D eigenvalue weighted by molar-refractivity contribution is 7.93. The summed E-state index contributed by atoms with van der Waals surface area (Å²) < 4.78 is 28.3. The molecule has 0 fully saturated rings. The SMILES string of the molecule is CC[C@H](C)[C@H](NC(=O)[C@H](CCC(N)=O)NC(=O)[C@@H](NC(=O)OCc1ccccc1)C(C)C)C(=O)N[C@H](/C=C/S(C)(=O)=O)CC(=O)O. The van der Waals surface area contributed by atoms with Crippen LogP contribution in [0.15, 0.2) is 41.8 Å². The average molecular weight is 668 g/mol. The van der Waals surface area contributed by atoms with Gasteiger partial charge in [-0.1, -0.05) is 70.5 Å². The minimum absolute atomic E-state index is 0.0425. The van der Waals surface area contributed by atoms with Gasteiger partial charge in [0, 0.05) is 18.1 Å². The Kier molecular flexibility index (Phi) is 16.5. The maximum atomic E-state index is 13.5. The largest absolute Gasteiger partial charge is 0.481 e. The standard InChI is InChI=1S/C30H45N5O10S/c1-6-19(4)26(29(41)32-21(16-24(37)38)14-15-46(5,43)44)34-27(39)22(12-13-23(31)36)33-28(40)25(18(2)3)35-30(42)45-17-20-10-8-7-9-11-20/h7-11,14-15,18-19,21-22,25-26H,6,12-13,16-17H2,1-5H3,(H2,31,36)(H,32,41)(H,33,40)(H,34,39)(H,35,42)(H,37,38)/b15-14+/t19-,21+,22-,25-,26-/m0/s1. The monoisotopic (exact) mass is 667 g/mol. The van der Waals surface area contributed by atoms with Crippen molar-refractivity contribution in [1.82, 2.24) is 21.3 Å². The van der Waals surface area contributed by atoms with Gasteiger partial charge in [0.2, 0.25) is 23.6 Å². The van der Waals surface area contributed by atoms with Crippen molar-refractivity contribution >= 4 is 45.5 Å². The van der Waals surface area contributed by atoms with E-state index in [0.717, 1.165) is 23.3 Å². The topological polar surface area (TPSA) is 240 Å². The number of ether oxygens (including phenoxy) is 1. The van der Waals surface area contributed by atoms with Gasteiger partial charge in [-0.2, -0.15) is 0 Å². The predicted octanol–water partition coefficient (Wildman–Crippen LogP) is 0.736. The fourth-order valence-electron chi connectivity index (χ4n) is 4.06. The minimum Gasteiger partial charge on any atom is -0.481 e. The lowest BCUT2D eigenvalue weighted by molar-refractivity contribution is -0.138. The fourth-order valence-corrected chi connectivity index (χ4v) is 4.54. The number of sulfone groups is 1. The van der Waals surface area contributed by atoms with Crippen LogP contribution in [-0.4, -0.2) is 79.6 Å². The average Bonchev–Trinajstić information content (AvgIpc) is 2.97. The number of carboxylic acid groups (broad SMARTS) is 1. The van der Waals surface area contributed by atoms with E-state index in [9.17, 15) is 42.3 Å². The molecule has 1 aromatic carbocycles. The Morgan fingerprint density at radius 1 is 0.913 bits per heavy atom. The summed E-state index contributed by atoms with van der Waals surface area (Å²) in [5.74, 6) is -5.40. The molecule has 0 spiro atoms. The predicted molar refractivity (Wildman–Crippen MR) is 168 cm³/mol. The van der Waals surface area contributed by atoms with Crippen molar-refractivity contribution in [2.75, 3.05) is 6.26 Å². The molecule has 16 heteroatoms. The van der Waals surface area contributed by atoms with Crippen molar-refractivity contribution in [1.29, 1.82) is 0 Å². The number of hydrogen-bond acceptors (Lipinski definition) is 9. The van der Waals surface area contributed by atoms with Gasteiger partial charge < -0.3 is 36.8 Å². The second-order valence-corrected chi connectivity index (χ2v) is 13.2. The van der Waals surface area contributed by atoms with Gasteiger partial charge >= 0.3 is 12.1 Å². The number of nitrogens with two attached hydrogens (primary N) is 1. The van der Waals surface area contributed by atoms with E-state index in [1.165, 1.54) is 0 Å². The van der Waals surface area contributed by atoms with E-state index in [0.29, 0.717) is 6.42 Å². The third kappa shape index (κ3) is 15.5. The zero-order valence-electron chi connectivity index (χ0n) is 26.6. The molecule has 46 heavy (non-hydrogen) atoms. The van der Waals surface area contributed by atoms with Crippen LogP contribution in [0.1, 0.15) is 58.9 Å². The maximum Gasteiger partial charge on any atom is 0.408 e. The Morgan fingerprint density at radius 2 is 1.52 bits per heavy atom. The van der Waals surface area contributed by atoms with E-state index in [1.807, 2.05) is 0 Å². The van der Waals surface area contributed by atoms with Crippen LogP contribution in [0.3, 0.4) is 0 Å². The van der Waals surface area contributed by atoms with Crippen molar-refractivity contribution < 1.29 is 47.0 Å². The molecular weight excluding hydrogens is 622 g/mol. The van der Waals surface area contributed by atoms with E-state index >= 15 is 0 Å². The van der Waals surface area contributed by atoms with Gasteiger partial charge in [0.05, 0.1) is 12.5 Å². The van der Waals surface area contributed by atoms with E-state index in [4.69, 9.17) is 10.5 Å². The number of benzene rings is 1. The highest BCUT2D eigenvalue weighted by Gasteiger charge is 2.33. The lowest BCUT2D eigenvalue weighted by Gasteiger charge is -2.29. The molecule has 1 rings (SSSR count). The summed E-state index contributed by atoms with van der Waals surface area (Å²) in [4.78, 5) is 75.4. The summed E-state index contributed by atoms with van der Waals surface area (Å²) in [7, 11) is -3.63. The van der Waals surface area contributed by atoms with Gasteiger partial charge in [-0.15, -0.1) is 0 Å². The number of carboxylic acids is 1. The molecule has 0 bridgehead atoms. The van der Waals surface area contributed by atoms with Crippen LogP contribution < -0.4 is 27.0 Å². The molecule has 0 aliphatic carbocycles. The lowest BCUT2D eigenvalue weighted by atomic mass is 9.96. The first-order chi connectivity index (χ1) is 21.4. The van der Waals surface area contributed by atoms with Crippen molar-refractivity contribution in [2.24, 2.45) is 17.6 Å². The highest BCUT2D eigenvalue weighted by atomic mass is 32.2. The summed E-state index contributed by atoms with van der Waals surface area (Å²) in [5.41, 5.74) is 6.01. The Hall–Kier alpha value is -4.47. The van der Waals surface area contributed by atoms with Crippen molar-refractivity contribution in [2.45, 2.75) is 84.2 Å². The molecule has 0 aromatic heterocycles. The summed E-state index contributed by atoms with van der Waals surface area (Å²) in [6.45, 7) is 6.68. The third-order valence-corrected chi connectivity index (χ3v) is 7.47. The maximum absolute atomic E-state index is 13.5. The molecule has 0 aliphatic heterocycles. The number of nitrogens with one attached hydrogen (secondary N) is 4. The molecule has 0 saturated carbocycles. The Balaban J connectivity index is 3.14. The second kappa shape index (κ2) is 19.1. The summed E-state index contributed by atoms with van der Waals surface area (Å²) in [5, 5.41) is 20.0. The number of hydrogen-bond donors (Lipinski definition) is 6. The number of alkyl carbamates (subject to hydrolysis) is 1. The van der Waals surface area contributed by atoms with Crippen molar-refractivity contribution in [3.8, 4) is 0 Å². The van der Waals surface area contributed by atoms with Crippen molar-refractivity contribution in [3.05, 3.63) is 47.4 Å². The van der Waals surface area contributed by atoms with Gasteiger partial charge in [-0.05, 0) is 23.8 Å². The van der Waals surface area contributed by atoms with Crippen LogP contribution in [0.5, 0.6) is 0 Å². The Morgan fingerprint density at radius 3 is 2.04 bits per heavy atom. The Bertz CT molecular complexity index is 1350. The highest BCUT2D eigenvalue weighted by Crippen LogP contribution is 2.12. The van der Waals surface area contributed by atoms with Gasteiger partial charge in [-0.3, -0.25) is 24.0 Å². The van der Waals surface area contributed by atoms with Crippen LogP contribution >= 0.6 is 0 Å². The zero-order valence-corrected chi connectivity index (χ0v) is 27.5. The van der Waals surface area contributed by atoms with Crippen molar-refractivity contribution in [3.63, 3.8) is 0 Å². The molecule has 15 nitrogen and oxygen atoms in total. The summed E-state index contributed by atoms with van der Waals surface area (Å²) >= 11 is 0. The number of amides is 5. The van der Waals surface area contributed by atoms with Crippen LogP contribution in [0.2, 0.25) is 0 Å². The normalized spacial score (nSPS) is 14.7. The van der Waals surface area contributed by atoms with Gasteiger partial charge in [-0.25, -0.2) is 13.2 Å². The quantitative estimate of drug-likeness (QED) is 0.121. The van der Waals surface area contributed by atoms with Crippen LogP contribution in [0.25, 0.3) is 0 Å². The van der Waals surface area contributed by atoms with Crippen LogP contribution in [0.4, 0.5) is 4.79 Å². The van der Waals surface area contributed by atoms with E-state index < -0.39 is 88.0 Å². The molecule has 5 amide bonds. The molecule has 0 unspecified atom stereocenters. The molecule has 0 aliphatic rings. The summed E-state index contributed by atoms with van der Waals surface area (Å²) in [6, 6.07) is 3.92. The van der Waals surface area contributed by atoms with Gasteiger partial charge in [0.15, 0.2) is 9.84 Å². The van der Waals surface area contributed by atoms with Crippen LogP contribution in [0, 0.1) is 11.8 Å². The lowest BCUT2D eigenvalue weighted by Crippen LogP contribution is -2.59. The minimum atomic E-state index is -3.63. The number of primary amides is 1. The first-order valence-electron chi connectivity index (χ1n) is 14.7. The van der Waals surface area contributed by atoms with Gasteiger partial charge in [0.25, 0.3) is 0 Å². The molecule has 1 aromatic rings. The smallest absolute Gasteiger partial charge is 0.408 e. The summed E-state index contributed by atoms with van der Waals surface area (Å²) in [6.07, 6.45) is 0.288. The number of aliphatic carboxylic acids is 1. The molecule has 256 valence electrons. The fraction of sp³-hybridized carbons (Fsp3) is 0.533. The molecule has 0 saturated heterocycles. The number of carbonyl (C=O) groups excluding carboxylic acids is 5. The molecule has 5 atom stereocenters. The van der Waals surface area contributed by atoms with Gasteiger partial charge in [0.1, 0.15) is 24.7 Å². The second-order valence-electron chi connectivity index (χ2n) is 11.2. The Labute approximate surface area is 269 Å². The first-order valence-corrected chi connectivity index (χ1v) is 16.7. The molecule has 0 radical (unpaired) electrons. The third-order valence-electron chi connectivity index (χ3n) is 6.82. The number of rotatable bonds is 19. The van der Waals surface area contributed by atoms with Crippen LogP contribution in [-0.2, 0) is 45.2 Å². The molecule has 0 heterocycles.